The summed E-state index contributed by atoms with van der Waals surface area (Å²) in [6.45, 7) is 3.20. The fraction of sp³-hybridized carbons (Fsp3) is 0.348. The molecule has 0 spiro atoms. The van der Waals surface area contributed by atoms with Gasteiger partial charge < -0.3 is 9.64 Å². The highest BCUT2D eigenvalue weighted by Gasteiger charge is 2.25. The Kier molecular flexibility index (Phi) is 6.16. The Morgan fingerprint density at radius 3 is 2.61 bits per heavy atom. The molecular weight excluding hydrogens is 399 g/mol. The van der Waals surface area contributed by atoms with Gasteiger partial charge in [0.25, 0.3) is 5.91 Å². The molecule has 0 aliphatic carbocycles. The van der Waals surface area contributed by atoms with Gasteiger partial charge in [0, 0.05) is 19.5 Å². The maximum absolute atomic E-state index is 14.2. The van der Waals surface area contributed by atoms with E-state index in [2.05, 4.69) is 10.2 Å². The van der Waals surface area contributed by atoms with Gasteiger partial charge in [-0.1, -0.05) is 30.3 Å². The minimum Gasteiger partial charge on any atom is -0.484 e. The molecule has 0 bridgehead atoms. The Morgan fingerprint density at radius 2 is 1.87 bits per heavy atom. The monoisotopic (exact) mass is 424 g/mol. The summed E-state index contributed by atoms with van der Waals surface area (Å²) in [5, 5.41) is 6.54. The Labute approximate surface area is 179 Å². The zero-order chi connectivity index (χ0) is 21.8. The van der Waals surface area contributed by atoms with Crippen molar-refractivity contribution in [3.05, 3.63) is 76.2 Å². The molecule has 1 aliphatic heterocycles. The molecule has 1 fully saturated rings. The van der Waals surface area contributed by atoms with Crippen molar-refractivity contribution < 1.29 is 13.9 Å². The number of carbonyl (C=O) groups is 1. The molecule has 0 radical (unpaired) electrons. The molecule has 1 aromatic heterocycles. The lowest BCUT2D eigenvalue weighted by Gasteiger charge is -2.31. The van der Waals surface area contributed by atoms with Crippen LogP contribution in [0.3, 0.4) is 0 Å². The van der Waals surface area contributed by atoms with Gasteiger partial charge in [-0.05, 0) is 49.4 Å². The Balaban J connectivity index is 1.34. The first-order valence-corrected chi connectivity index (χ1v) is 10.4. The van der Waals surface area contributed by atoms with Crippen LogP contribution in [-0.4, -0.2) is 45.3 Å². The van der Waals surface area contributed by atoms with E-state index in [4.69, 9.17) is 4.74 Å². The largest absolute Gasteiger partial charge is 0.484 e. The number of aromatic amines is 1. The number of nitrogens with zero attached hydrogens (tertiary/aromatic N) is 3. The number of carbonyl (C=O) groups excluding carboxylic acids is 1. The van der Waals surface area contributed by atoms with Gasteiger partial charge in [0.2, 0.25) is 0 Å². The van der Waals surface area contributed by atoms with Gasteiger partial charge in [0.1, 0.15) is 17.4 Å². The van der Waals surface area contributed by atoms with Crippen molar-refractivity contribution in [3.8, 4) is 11.4 Å². The molecule has 31 heavy (non-hydrogen) atoms. The average molecular weight is 424 g/mol. The maximum atomic E-state index is 14.2. The van der Waals surface area contributed by atoms with Crippen LogP contribution in [-0.2, 0) is 11.2 Å². The van der Waals surface area contributed by atoms with Crippen LogP contribution in [0.15, 0.2) is 53.3 Å². The Hall–Kier alpha value is -3.42. The molecule has 7 nitrogen and oxygen atoms in total. The SMILES string of the molecule is Cc1ccccc1OCC(=O)N1CCC(Cc2n[nH]c(=O)n2-c2ccccc2F)CC1. The number of benzene rings is 2. The fourth-order valence-electron chi connectivity index (χ4n) is 3.94. The second-order valence-corrected chi connectivity index (χ2v) is 7.81. The third-order valence-electron chi connectivity index (χ3n) is 5.72. The number of piperidine rings is 1. The fourth-order valence-corrected chi connectivity index (χ4v) is 3.94. The highest BCUT2D eigenvalue weighted by atomic mass is 19.1. The van der Waals surface area contributed by atoms with Crippen molar-refractivity contribution in [1.82, 2.24) is 19.7 Å². The third kappa shape index (κ3) is 4.68. The van der Waals surface area contributed by atoms with Crippen molar-refractivity contribution in [2.45, 2.75) is 26.2 Å². The topological polar surface area (TPSA) is 80.2 Å². The van der Waals surface area contributed by atoms with Crippen LogP contribution in [0.1, 0.15) is 24.2 Å². The van der Waals surface area contributed by atoms with Crippen molar-refractivity contribution in [2.75, 3.05) is 19.7 Å². The Bertz CT molecular complexity index is 1120. The van der Waals surface area contributed by atoms with E-state index in [-0.39, 0.29) is 24.1 Å². The highest BCUT2D eigenvalue weighted by molar-refractivity contribution is 5.77. The number of hydrogen-bond acceptors (Lipinski definition) is 4. The molecule has 8 heteroatoms. The predicted octanol–water partition coefficient (Wildman–Crippen LogP) is 2.87. The number of hydrogen-bond donors (Lipinski definition) is 1. The van der Waals surface area contributed by atoms with Gasteiger partial charge in [-0.2, -0.15) is 5.10 Å². The van der Waals surface area contributed by atoms with Crippen LogP contribution in [0.5, 0.6) is 5.75 Å². The first kappa shape index (κ1) is 20.8. The van der Waals surface area contributed by atoms with Gasteiger partial charge >= 0.3 is 5.69 Å². The molecule has 0 atom stereocenters. The zero-order valence-corrected chi connectivity index (χ0v) is 17.4. The molecule has 4 rings (SSSR count). The summed E-state index contributed by atoms with van der Waals surface area (Å²) in [6, 6.07) is 13.8. The highest BCUT2D eigenvalue weighted by Crippen LogP contribution is 2.23. The number of likely N-dealkylation sites (tertiary alicyclic amines) is 1. The van der Waals surface area contributed by atoms with Crippen LogP contribution in [0.25, 0.3) is 5.69 Å². The minimum atomic E-state index is -0.471. The molecule has 0 saturated carbocycles. The summed E-state index contributed by atoms with van der Waals surface area (Å²) in [6.07, 6.45) is 2.11. The summed E-state index contributed by atoms with van der Waals surface area (Å²) in [5.41, 5.74) is 0.729. The molecule has 162 valence electrons. The number of amides is 1. The van der Waals surface area contributed by atoms with Crippen LogP contribution >= 0.6 is 0 Å². The van der Waals surface area contributed by atoms with E-state index in [1.165, 1.54) is 10.6 Å². The van der Waals surface area contributed by atoms with E-state index in [0.717, 1.165) is 24.2 Å². The molecule has 1 amide bonds. The van der Waals surface area contributed by atoms with E-state index in [0.29, 0.717) is 25.3 Å². The van der Waals surface area contributed by atoms with Crippen LogP contribution in [0.4, 0.5) is 4.39 Å². The molecule has 1 aliphatic rings. The lowest BCUT2D eigenvalue weighted by atomic mass is 9.93. The summed E-state index contributed by atoms with van der Waals surface area (Å²) in [7, 11) is 0. The summed E-state index contributed by atoms with van der Waals surface area (Å²) in [4.78, 5) is 26.5. The smallest absolute Gasteiger partial charge is 0.348 e. The van der Waals surface area contributed by atoms with Gasteiger partial charge in [0.05, 0.1) is 5.69 Å². The molecule has 3 aromatic rings. The van der Waals surface area contributed by atoms with Crippen molar-refractivity contribution in [2.24, 2.45) is 5.92 Å². The lowest BCUT2D eigenvalue weighted by Crippen LogP contribution is -2.41. The summed E-state index contributed by atoms with van der Waals surface area (Å²) in [5.74, 6) is 0.964. The van der Waals surface area contributed by atoms with E-state index in [1.807, 2.05) is 36.1 Å². The molecule has 1 saturated heterocycles. The van der Waals surface area contributed by atoms with E-state index >= 15 is 0 Å². The standard InChI is InChI=1S/C23H25FN4O3/c1-16-6-2-5-9-20(16)31-15-22(29)27-12-10-17(11-13-27)14-21-25-26-23(30)28(21)19-8-4-3-7-18(19)24/h2-9,17H,10-15H2,1H3,(H,26,30). The Morgan fingerprint density at radius 1 is 1.16 bits per heavy atom. The van der Waals surface area contributed by atoms with Crippen molar-refractivity contribution in [3.63, 3.8) is 0 Å². The van der Waals surface area contributed by atoms with Gasteiger partial charge in [0.15, 0.2) is 6.61 Å². The van der Waals surface area contributed by atoms with Crippen LogP contribution in [0, 0.1) is 18.7 Å². The van der Waals surface area contributed by atoms with E-state index < -0.39 is 11.5 Å². The van der Waals surface area contributed by atoms with Gasteiger partial charge in [-0.3, -0.25) is 4.79 Å². The van der Waals surface area contributed by atoms with Crippen LogP contribution in [0.2, 0.25) is 0 Å². The molecule has 0 unspecified atom stereocenters. The number of halogens is 1. The van der Waals surface area contributed by atoms with E-state index in [1.54, 1.807) is 18.2 Å². The van der Waals surface area contributed by atoms with Crippen molar-refractivity contribution >= 4 is 5.91 Å². The first-order valence-electron chi connectivity index (χ1n) is 10.4. The molecule has 2 aromatic carbocycles. The molecule has 2 heterocycles. The van der Waals surface area contributed by atoms with Gasteiger partial charge in [-0.25, -0.2) is 18.9 Å². The second kappa shape index (κ2) is 9.16. The van der Waals surface area contributed by atoms with Gasteiger partial charge in [-0.15, -0.1) is 0 Å². The number of nitrogens with one attached hydrogen (secondary N) is 1. The third-order valence-corrected chi connectivity index (χ3v) is 5.72. The number of rotatable bonds is 6. The summed E-state index contributed by atoms with van der Waals surface area (Å²) >= 11 is 0. The first-order chi connectivity index (χ1) is 15.0. The number of para-hydroxylation sites is 2. The minimum absolute atomic E-state index is 0.0156. The van der Waals surface area contributed by atoms with Crippen LogP contribution < -0.4 is 10.4 Å². The zero-order valence-electron chi connectivity index (χ0n) is 17.4. The average Bonchev–Trinajstić information content (AvgIpc) is 3.13. The predicted molar refractivity (Wildman–Crippen MR) is 114 cm³/mol. The summed E-state index contributed by atoms with van der Waals surface area (Å²) < 4.78 is 21.2. The molecular formula is C23H25FN4O3. The second-order valence-electron chi connectivity index (χ2n) is 7.81. The number of aromatic nitrogens is 3. The van der Waals surface area contributed by atoms with E-state index in [9.17, 15) is 14.0 Å². The quantitative estimate of drug-likeness (QED) is 0.660. The normalized spacial score (nSPS) is 14.6. The number of aryl methyl sites for hydroxylation is 1. The van der Waals surface area contributed by atoms with Crippen molar-refractivity contribution in [1.29, 1.82) is 0 Å². The molecule has 1 N–H and O–H groups in total. The maximum Gasteiger partial charge on any atom is 0.348 e. The number of ether oxygens (including phenoxy) is 1. The lowest BCUT2D eigenvalue weighted by molar-refractivity contribution is -0.134. The number of H-pyrrole nitrogens is 1.